The Morgan fingerprint density at radius 2 is 2.11 bits per heavy atom. The first-order valence-corrected chi connectivity index (χ1v) is 6.18. The van der Waals surface area contributed by atoms with Crippen LogP contribution in [0.1, 0.15) is 25.0 Å². The molecule has 0 aliphatic rings. The lowest BCUT2D eigenvalue weighted by Gasteiger charge is -2.09. The zero-order chi connectivity index (χ0) is 12.8. The van der Waals surface area contributed by atoms with Crippen LogP contribution in [-0.2, 0) is 6.54 Å². The van der Waals surface area contributed by atoms with Crippen LogP contribution in [0.2, 0.25) is 0 Å². The average Bonchev–Trinajstić information content (AvgIpc) is 2.89. The lowest BCUT2D eigenvalue weighted by atomic mass is 10.1. The molecule has 0 amide bonds. The van der Waals surface area contributed by atoms with Crippen molar-refractivity contribution in [3.8, 4) is 5.75 Å². The number of para-hydroxylation sites is 1. The molecule has 2 aromatic rings. The standard InChI is InChI=1S/C14H18N2O2/c1-2-16-11-12(10-15-16)14(17)8-9-18-13-6-4-3-5-7-13/h3-7,10-11,14,17H,2,8-9H2,1H3. The van der Waals surface area contributed by atoms with Gasteiger partial charge in [0.2, 0.25) is 0 Å². The van der Waals surface area contributed by atoms with Gasteiger partial charge in [-0.25, -0.2) is 0 Å². The third-order valence-electron chi connectivity index (χ3n) is 2.77. The van der Waals surface area contributed by atoms with Crippen LogP contribution in [0.4, 0.5) is 0 Å². The SMILES string of the molecule is CCn1cc(C(O)CCOc2ccccc2)cn1. The molecular weight excluding hydrogens is 228 g/mol. The maximum Gasteiger partial charge on any atom is 0.119 e. The Labute approximate surface area is 107 Å². The van der Waals surface area contributed by atoms with Crippen molar-refractivity contribution in [3.63, 3.8) is 0 Å². The number of rotatable bonds is 6. The number of aliphatic hydroxyl groups is 1. The molecule has 4 nitrogen and oxygen atoms in total. The van der Waals surface area contributed by atoms with Crippen LogP contribution in [0, 0.1) is 0 Å². The molecule has 0 saturated heterocycles. The van der Waals surface area contributed by atoms with Crippen molar-refractivity contribution in [3.05, 3.63) is 48.3 Å². The van der Waals surface area contributed by atoms with Crippen LogP contribution in [0.15, 0.2) is 42.7 Å². The first-order chi connectivity index (χ1) is 8.79. The highest BCUT2D eigenvalue weighted by Crippen LogP contribution is 2.17. The van der Waals surface area contributed by atoms with E-state index in [2.05, 4.69) is 5.10 Å². The molecule has 1 heterocycles. The molecule has 1 aromatic heterocycles. The molecule has 0 aliphatic heterocycles. The van der Waals surface area contributed by atoms with Crippen molar-refractivity contribution in [2.45, 2.75) is 26.0 Å². The van der Waals surface area contributed by atoms with Crippen molar-refractivity contribution < 1.29 is 9.84 Å². The third kappa shape index (κ3) is 3.34. The molecular formula is C14H18N2O2. The highest BCUT2D eigenvalue weighted by atomic mass is 16.5. The minimum Gasteiger partial charge on any atom is -0.493 e. The normalized spacial score (nSPS) is 12.3. The predicted octanol–water partition coefficient (Wildman–Crippen LogP) is 2.41. The predicted molar refractivity (Wildman–Crippen MR) is 69.4 cm³/mol. The molecule has 1 atom stereocenters. The Morgan fingerprint density at radius 1 is 1.33 bits per heavy atom. The smallest absolute Gasteiger partial charge is 0.119 e. The number of aryl methyl sites for hydroxylation is 1. The first kappa shape index (κ1) is 12.6. The fourth-order valence-corrected chi connectivity index (χ4v) is 1.70. The first-order valence-electron chi connectivity index (χ1n) is 6.18. The number of hydrogen-bond acceptors (Lipinski definition) is 3. The highest BCUT2D eigenvalue weighted by molar-refractivity contribution is 5.20. The number of aliphatic hydroxyl groups excluding tert-OH is 1. The van der Waals surface area contributed by atoms with E-state index in [1.165, 1.54) is 0 Å². The molecule has 0 bridgehead atoms. The van der Waals surface area contributed by atoms with Crippen molar-refractivity contribution in [1.29, 1.82) is 0 Å². The summed E-state index contributed by atoms with van der Waals surface area (Å²) in [5.41, 5.74) is 0.841. The average molecular weight is 246 g/mol. The summed E-state index contributed by atoms with van der Waals surface area (Å²) in [6.45, 7) is 3.32. The largest absolute Gasteiger partial charge is 0.493 e. The summed E-state index contributed by atoms with van der Waals surface area (Å²) in [4.78, 5) is 0. The van der Waals surface area contributed by atoms with E-state index in [-0.39, 0.29) is 0 Å². The van der Waals surface area contributed by atoms with E-state index >= 15 is 0 Å². The van der Waals surface area contributed by atoms with Gasteiger partial charge in [-0.3, -0.25) is 4.68 Å². The van der Waals surface area contributed by atoms with Crippen LogP contribution in [0.5, 0.6) is 5.75 Å². The highest BCUT2D eigenvalue weighted by Gasteiger charge is 2.09. The van der Waals surface area contributed by atoms with Crippen molar-refractivity contribution in [2.24, 2.45) is 0 Å². The summed E-state index contributed by atoms with van der Waals surface area (Å²) in [6.07, 6.45) is 3.61. The molecule has 18 heavy (non-hydrogen) atoms. The molecule has 1 aromatic carbocycles. The second-order valence-electron chi connectivity index (χ2n) is 4.10. The molecule has 0 fully saturated rings. The minimum absolute atomic E-state index is 0.489. The Kier molecular flexibility index (Phi) is 4.36. The number of benzene rings is 1. The number of ether oxygens (including phenoxy) is 1. The van der Waals surface area contributed by atoms with Crippen molar-refractivity contribution in [2.75, 3.05) is 6.61 Å². The van der Waals surface area contributed by atoms with Crippen LogP contribution in [0.3, 0.4) is 0 Å². The zero-order valence-electron chi connectivity index (χ0n) is 10.5. The Balaban J connectivity index is 1.79. The van der Waals surface area contributed by atoms with E-state index in [1.807, 2.05) is 43.5 Å². The molecule has 0 spiro atoms. The number of hydrogen-bond donors (Lipinski definition) is 1. The lowest BCUT2D eigenvalue weighted by molar-refractivity contribution is 0.140. The van der Waals surface area contributed by atoms with Crippen molar-refractivity contribution >= 4 is 0 Å². The fraction of sp³-hybridized carbons (Fsp3) is 0.357. The summed E-state index contributed by atoms with van der Waals surface area (Å²) < 4.78 is 7.35. The second kappa shape index (κ2) is 6.21. The molecule has 0 radical (unpaired) electrons. The zero-order valence-corrected chi connectivity index (χ0v) is 10.5. The van der Waals surface area contributed by atoms with Crippen molar-refractivity contribution in [1.82, 2.24) is 9.78 Å². The molecule has 1 N–H and O–H groups in total. The summed E-state index contributed by atoms with van der Waals surface area (Å²) in [6, 6.07) is 9.61. The van der Waals surface area contributed by atoms with Crippen LogP contribution >= 0.6 is 0 Å². The number of nitrogens with zero attached hydrogens (tertiary/aromatic N) is 2. The van der Waals surface area contributed by atoms with Crippen LogP contribution in [-0.4, -0.2) is 21.5 Å². The van der Waals surface area contributed by atoms with E-state index in [0.29, 0.717) is 13.0 Å². The molecule has 0 aliphatic carbocycles. The maximum absolute atomic E-state index is 9.97. The van der Waals surface area contributed by atoms with E-state index in [9.17, 15) is 5.11 Å². The summed E-state index contributed by atoms with van der Waals surface area (Å²) >= 11 is 0. The van der Waals surface area contributed by atoms with E-state index < -0.39 is 6.10 Å². The minimum atomic E-state index is -0.519. The molecule has 96 valence electrons. The monoisotopic (exact) mass is 246 g/mol. The van der Waals surface area contributed by atoms with Gasteiger partial charge in [-0.2, -0.15) is 5.10 Å². The molecule has 1 unspecified atom stereocenters. The number of aromatic nitrogens is 2. The third-order valence-corrected chi connectivity index (χ3v) is 2.77. The Morgan fingerprint density at radius 3 is 2.78 bits per heavy atom. The van der Waals surface area contributed by atoms with Gasteiger partial charge in [-0.15, -0.1) is 0 Å². The van der Waals surface area contributed by atoms with Gasteiger partial charge in [-0.1, -0.05) is 18.2 Å². The lowest BCUT2D eigenvalue weighted by Crippen LogP contribution is -2.04. The van der Waals surface area contributed by atoms with Gasteiger partial charge in [0.25, 0.3) is 0 Å². The summed E-state index contributed by atoms with van der Waals surface area (Å²) in [5.74, 6) is 0.828. The second-order valence-corrected chi connectivity index (χ2v) is 4.10. The van der Waals surface area contributed by atoms with Gasteiger partial charge in [0.15, 0.2) is 0 Å². The molecule has 0 saturated carbocycles. The fourth-order valence-electron chi connectivity index (χ4n) is 1.70. The Bertz CT molecular complexity index is 468. The molecule has 4 heteroatoms. The summed E-state index contributed by atoms with van der Waals surface area (Å²) in [5, 5.41) is 14.1. The van der Waals surface area contributed by atoms with E-state index in [0.717, 1.165) is 17.9 Å². The van der Waals surface area contributed by atoms with Gasteiger partial charge in [-0.05, 0) is 19.1 Å². The van der Waals surface area contributed by atoms with E-state index in [1.54, 1.807) is 10.9 Å². The maximum atomic E-state index is 9.97. The Hall–Kier alpha value is -1.81. The van der Waals surface area contributed by atoms with Gasteiger partial charge < -0.3 is 9.84 Å². The quantitative estimate of drug-likeness (QED) is 0.851. The summed E-state index contributed by atoms with van der Waals surface area (Å²) in [7, 11) is 0. The van der Waals surface area contributed by atoms with Gasteiger partial charge in [0.1, 0.15) is 5.75 Å². The van der Waals surface area contributed by atoms with E-state index in [4.69, 9.17) is 4.74 Å². The van der Waals surface area contributed by atoms with Crippen LogP contribution in [0.25, 0.3) is 0 Å². The molecule has 2 rings (SSSR count). The van der Waals surface area contributed by atoms with Gasteiger partial charge in [0, 0.05) is 24.7 Å². The van der Waals surface area contributed by atoms with Gasteiger partial charge >= 0.3 is 0 Å². The topological polar surface area (TPSA) is 47.3 Å². The van der Waals surface area contributed by atoms with Crippen LogP contribution < -0.4 is 4.74 Å². The van der Waals surface area contributed by atoms with Gasteiger partial charge in [0.05, 0.1) is 18.9 Å².